The molecule has 1 atom stereocenters. The molecule has 0 saturated carbocycles. The molecule has 0 heterocycles. The van der Waals surface area contributed by atoms with Crippen LogP contribution in [0.3, 0.4) is 0 Å². The van der Waals surface area contributed by atoms with Crippen molar-refractivity contribution in [1.82, 2.24) is 0 Å². The zero-order valence-electron chi connectivity index (χ0n) is 16.0. The van der Waals surface area contributed by atoms with E-state index in [-0.39, 0.29) is 17.3 Å². The maximum atomic E-state index is 13.1. The minimum Gasteiger partial charge on any atom is -0.493 e. The Balaban J connectivity index is 1.55. The summed E-state index contributed by atoms with van der Waals surface area (Å²) in [7, 11) is -3.67. The fourth-order valence-corrected chi connectivity index (χ4v) is 3.70. The Bertz CT molecular complexity index is 1100. The summed E-state index contributed by atoms with van der Waals surface area (Å²) in [6, 6.07) is 21.6. The molecule has 3 aromatic rings. The number of benzene rings is 3. The van der Waals surface area contributed by atoms with Crippen LogP contribution in [0.2, 0.25) is 0 Å². The molecule has 2 N–H and O–H groups in total. The van der Waals surface area contributed by atoms with Crippen LogP contribution >= 0.6 is 0 Å². The molecule has 3 rings (SSSR count). The molecule has 3 aromatic carbocycles. The highest BCUT2D eigenvalue weighted by molar-refractivity contribution is 7.92. The zero-order valence-corrected chi connectivity index (χ0v) is 16.8. The van der Waals surface area contributed by atoms with Crippen molar-refractivity contribution >= 4 is 21.8 Å². The second-order valence-corrected chi connectivity index (χ2v) is 8.16. The van der Waals surface area contributed by atoms with Gasteiger partial charge in [0.2, 0.25) is 0 Å². The van der Waals surface area contributed by atoms with E-state index in [0.29, 0.717) is 12.1 Å². The molecule has 0 unspecified atom stereocenters. The molecule has 7 heteroatoms. The van der Waals surface area contributed by atoms with Crippen molar-refractivity contribution < 1.29 is 22.7 Å². The molecule has 0 bridgehead atoms. The third-order valence-electron chi connectivity index (χ3n) is 4.11. The van der Waals surface area contributed by atoms with Gasteiger partial charge in [-0.25, -0.2) is 12.8 Å². The molecule has 0 aliphatic heterocycles. The predicted octanol–water partition coefficient (Wildman–Crippen LogP) is 4.27. The first kappa shape index (κ1) is 21.5. The van der Waals surface area contributed by atoms with Gasteiger partial charge in [0.05, 0.1) is 17.6 Å². The van der Waals surface area contributed by atoms with Gasteiger partial charge in [0, 0.05) is 24.2 Å². The average Bonchev–Trinajstić information content (AvgIpc) is 2.73. The Morgan fingerprint density at radius 2 is 1.90 bits per heavy atom. The lowest BCUT2D eigenvalue weighted by molar-refractivity contribution is 0.178. The number of hydrogen-bond donors (Lipinski definition) is 2. The van der Waals surface area contributed by atoms with Crippen molar-refractivity contribution in [2.45, 2.75) is 17.4 Å². The minimum atomic E-state index is -3.67. The molecule has 0 fully saturated rings. The summed E-state index contributed by atoms with van der Waals surface area (Å²) in [4.78, 5) is 0.178. The maximum Gasteiger partial charge on any atom is 0.261 e. The molecule has 5 nitrogen and oxygen atoms in total. The van der Waals surface area contributed by atoms with Crippen molar-refractivity contribution in [1.29, 1.82) is 0 Å². The molecule has 0 amide bonds. The van der Waals surface area contributed by atoms with E-state index in [1.807, 2.05) is 0 Å². The summed E-state index contributed by atoms with van der Waals surface area (Å²) in [6.07, 6.45) is 2.81. The summed E-state index contributed by atoms with van der Waals surface area (Å²) in [5, 5.41) is 10.1. The van der Waals surface area contributed by atoms with Crippen molar-refractivity contribution in [3.05, 3.63) is 96.3 Å². The molecule has 155 valence electrons. The van der Waals surface area contributed by atoms with Crippen molar-refractivity contribution in [2.24, 2.45) is 0 Å². The number of aliphatic hydroxyl groups is 1. The lowest BCUT2D eigenvalue weighted by Gasteiger charge is -2.09. The predicted molar refractivity (Wildman–Crippen MR) is 114 cm³/mol. The number of aliphatic hydroxyl groups excluding tert-OH is 1. The first-order valence-electron chi connectivity index (χ1n) is 9.27. The van der Waals surface area contributed by atoms with Gasteiger partial charge in [0.25, 0.3) is 10.0 Å². The van der Waals surface area contributed by atoms with Crippen LogP contribution in [0.4, 0.5) is 10.1 Å². The Kier molecular flexibility index (Phi) is 7.21. The van der Waals surface area contributed by atoms with Crippen molar-refractivity contribution in [3.8, 4) is 5.75 Å². The Morgan fingerprint density at radius 1 is 1.10 bits per heavy atom. The van der Waals surface area contributed by atoms with Gasteiger partial charge < -0.3 is 9.84 Å². The number of anilines is 1. The van der Waals surface area contributed by atoms with Gasteiger partial charge in [-0.1, -0.05) is 42.5 Å². The van der Waals surface area contributed by atoms with Crippen molar-refractivity contribution in [3.63, 3.8) is 0 Å². The van der Waals surface area contributed by atoms with Crippen LogP contribution in [-0.4, -0.2) is 26.2 Å². The van der Waals surface area contributed by atoms with E-state index in [1.165, 1.54) is 30.3 Å². The highest BCUT2D eigenvalue weighted by atomic mass is 32.2. The summed E-state index contributed by atoms with van der Waals surface area (Å²) in [5.41, 5.74) is 1.14. The number of rotatable bonds is 9. The highest BCUT2D eigenvalue weighted by Gasteiger charge is 2.13. The van der Waals surface area contributed by atoms with Gasteiger partial charge in [0.1, 0.15) is 11.6 Å². The van der Waals surface area contributed by atoms with Crippen LogP contribution in [0.5, 0.6) is 5.75 Å². The molecule has 0 aliphatic rings. The standard InChI is InChI=1S/C23H21FNO4S/c24-19-7-5-9-22(17-19)29-15-14-21(26)13-12-18-6-4-8-20(16-18)25-30(27,28)23-10-2-1-3-11-23/h1-8,10-13,16-17,21,25-26H,14-15H2/b13-12+/t21-/m0/s1. The third-order valence-corrected chi connectivity index (χ3v) is 5.51. The van der Waals surface area contributed by atoms with Crippen LogP contribution in [0.1, 0.15) is 12.0 Å². The van der Waals surface area contributed by atoms with Gasteiger partial charge in [-0.05, 0) is 42.0 Å². The van der Waals surface area contributed by atoms with E-state index in [2.05, 4.69) is 10.8 Å². The Labute approximate surface area is 175 Å². The normalized spacial score (nSPS) is 12.6. The molecular formula is C23H21FNO4S. The molecule has 0 saturated heterocycles. The second-order valence-electron chi connectivity index (χ2n) is 6.48. The average molecular weight is 426 g/mol. The van der Waals surface area contributed by atoms with E-state index >= 15 is 0 Å². The highest BCUT2D eigenvalue weighted by Crippen LogP contribution is 2.18. The molecule has 0 aromatic heterocycles. The lowest BCUT2D eigenvalue weighted by atomic mass is 10.1. The fourth-order valence-electron chi connectivity index (χ4n) is 2.63. The minimum absolute atomic E-state index is 0.178. The molecule has 30 heavy (non-hydrogen) atoms. The van der Waals surface area contributed by atoms with Gasteiger partial charge in [-0.15, -0.1) is 0 Å². The summed E-state index contributed by atoms with van der Waals surface area (Å²) < 4.78 is 45.8. The number of ether oxygens (including phenoxy) is 1. The molecule has 0 aliphatic carbocycles. The van der Waals surface area contributed by atoms with Crippen LogP contribution in [0.25, 0.3) is 6.08 Å². The maximum absolute atomic E-state index is 13.1. The SMILES string of the molecule is O=S(=O)(Nc1cccc(/C=C/[C@H](O)CCOc2[c]ccc(F)c2)c1)c1ccccc1. The van der Waals surface area contributed by atoms with E-state index in [9.17, 15) is 17.9 Å². The van der Waals surface area contributed by atoms with Gasteiger partial charge in [-0.2, -0.15) is 0 Å². The lowest BCUT2D eigenvalue weighted by Crippen LogP contribution is -2.12. The second kappa shape index (κ2) is 10.0. The number of halogens is 1. The van der Waals surface area contributed by atoms with E-state index in [0.717, 1.165) is 5.56 Å². The topological polar surface area (TPSA) is 75.6 Å². The van der Waals surface area contributed by atoms with Gasteiger partial charge >= 0.3 is 0 Å². The third kappa shape index (κ3) is 6.43. The smallest absolute Gasteiger partial charge is 0.261 e. The monoisotopic (exact) mass is 426 g/mol. The van der Waals surface area contributed by atoms with Gasteiger partial charge in [0.15, 0.2) is 0 Å². The van der Waals surface area contributed by atoms with Crippen LogP contribution in [0.15, 0.2) is 83.8 Å². The molecular weight excluding hydrogens is 405 g/mol. The van der Waals surface area contributed by atoms with Gasteiger partial charge in [-0.3, -0.25) is 4.72 Å². The number of sulfonamides is 1. The Hall–Kier alpha value is -3.16. The first-order valence-corrected chi connectivity index (χ1v) is 10.7. The Morgan fingerprint density at radius 3 is 2.67 bits per heavy atom. The summed E-state index contributed by atoms with van der Waals surface area (Å²) >= 11 is 0. The van der Waals surface area contributed by atoms with E-state index < -0.39 is 21.9 Å². The van der Waals surface area contributed by atoms with Crippen LogP contribution < -0.4 is 9.46 Å². The fraction of sp³-hybridized carbons (Fsp3) is 0.130. The van der Waals surface area contributed by atoms with E-state index in [1.54, 1.807) is 54.6 Å². The summed E-state index contributed by atoms with van der Waals surface area (Å²) in [6.45, 7) is 0.197. The number of nitrogens with one attached hydrogen (secondary N) is 1. The van der Waals surface area contributed by atoms with E-state index in [4.69, 9.17) is 4.74 Å². The zero-order chi connectivity index (χ0) is 21.4. The quantitative estimate of drug-likeness (QED) is 0.536. The van der Waals surface area contributed by atoms with Crippen LogP contribution in [-0.2, 0) is 10.0 Å². The first-order chi connectivity index (χ1) is 14.4. The summed E-state index contributed by atoms with van der Waals surface area (Å²) in [5.74, 6) is -0.128. The van der Waals surface area contributed by atoms with Crippen molar-refractivity contribution in [2.75, 3.05) is 11.3 Å². The molecule has 0 spiro atoms. The van der Waals surface area contributed by atoms with Crippen LogP contribution in [0, 0.1) is 11.9 Å². The number of hydrogen-bond acceptors (Lipinski definition) is 4. The largest absolute Gasteiger partial charge is 0.493 e. The molecule has 1 radical (unpaired) electrons.